The molecular formula is C11H12FNO. The van der Waals surface area contributed by atoms with E-state index in [1.165, 1.54) is 12.1 Å². The summed E-state index contributed by atoms with van der Waals surface area (Å²) in [4.78, 5) is 0. The molecule has 1 aromatic rings. The first-order valence-corrected chi connectivity index (χ1v) is 4.66. The maximum atomic E-state index is 12.6. The Morgan fingerprint density at radius 3 is 2.64 bits per heavy atom. The fourth-order valence-corrected chi connectivity index (χ4v) is 1.81. The van der Waals surface area contributed by atoms with E-state index in [2.05, 4.69) is 5.16 Å². The highest BCUT2D eigenvalue weighted by atomic mass is 19.1. The van der Waals surface area contributed by atoms with Crippen LogP contribution < -0.4 is 0 Å². The molecule has 0 saturated heterocycles. The van der Waals surface area contributed by atoms with Gasteiger partial charge in [-0.25, -0.2) is 4.39 Å². The van der Waals surface area contributed by atoms with Gasteiger partial charge in [-0.1, -0.05) is 17.3 Å². The van der Waals surface area contributed by atoms with E-state index in [1.54, 1.807) is 12.1 Å². The summed E-state index contributed by atoms with van der Waals surface area (Å²) in [7, 11) is 0. The Hall–Kier alpha value is -1.38. The van der Waals surface area contributed by atoms with Gasteiger partial charge >= 0.3 is 0 Å². The monoisotopic (exact) mass is 193 g/mol. The van der Waals surface area contributed by atoms with Gasteiger partial charge in [0, 0.05) is 5.92 Å². The van der Waals surface area contributed by atoms with Crippen LogP contribution in [0.2, 0.25) is 0 Å². The van der Waals surface area contributed by atoms with E-state index in [4.69, 9.17) is 5.21 Å². The van der Waals surface area contributed by atoms with Gasteiger partial charge in [-0.3, -0.25) is 0 Å². The minimum absolute atomic E-state index is 0.210. The molecule has 2 atom stereocenters. The van der Waals surface area contributed by atoms with Crippen molar-refractivity contribution in [3.63, 3.8) is 0 Å². The highest BCUT2D eigenvalue weighted by molar-refractivity contribution is 5.87. The lowest BCUT2D eigenvalue weighted by Crippen LogP contribution is -1.96. The average Bonchev–Trinajstić information content (AvgIpc) is 2.98. The molecule has 0 heterocycles. The van der Waals surface area contributed by atoms with Crippen LogP contribution in [0.5, 0.6) is 0 Å². The highest BCUT2D eigenvalue weighted by Gasteiger charge is 2.40. The van der Waals surface area contributed by atoms with Crippen molar-refractivity contribution in [3.8, 4) is 0 Å². The minimum atomic E-state index is -0.210. The van der Waals surface area contributed by atoms with E-state index in [9.17, 15) is 4.39 Å². The Kier molecular flexibility index (Phi) is 2.23. The predicted octanol–water partition coefficient (Wildman–Crippen LogP) is 2.78. The molecule has 2 nitrogen and oxygen atoms in total. The molecule has 14 heavy (non-hydrogen) atoms. The normalized spacial score (nSPS) is 26.3. The van der Waals surface area contributed by atoms with Crippen molar-refractivity contribution < 1.29 is 9.60 Å². The van der Waals surface area contributed by atoms with Gasteiger partial charge < -0.3 is 5.21 Å². The molecule has 0 aromatic heterocycles. The number of oxime groups is 1. The molecule has 0 amide bonds. The summed E-state index contributed by atoms with van der Waals surface area (Å²) in [6.45, 7) is 1.81. The third kappa shape index (κ3) is 1.62. The van der Waals surface area contributed by atoms with Gasteiger partial charge in [0.05, 0.1) is 5.71 Å². The second-order valence-electron chi connectivity index (χ2n) is 3.74. The first-order chi connectivity index (χ1) is 6.72. The molecule has 1 aliphatic carbocycles. The summed E-state index contributed by atoms with van der Waals surface area (Å²) in [5, 5.41) is 11.8. The summed E-state index contributed by atoms with van der Waals surface area (Å²) in [5.41, 5.74) is 1.89. The molecule has 1 saturated carbocycles. The number of hydrogen-bond donors (Lipinski definition) is 1. The number of rotatable bonds is 2. The van der Waals surface area contributed by atoms with Crippen molar-refractivity contribution in [2.45, 2.75) is 19.3 Å². The largest absolute Gasteiger partial charge is 0.411 e. The predicted molar refractivity (Wildman–Crippen MR) is 52.1 cm³/mol. The summed E-state index contributed by atoms with van der Waals surface area (Å²) >= 11 is 0. The van der Waals surface area contributed by atoms with Crippen molar-refractivity contribution in [1.82, 2.24) is 0 Å². The van der Waals surface area contributed by atoms with Crippen molar-refractivity contribution in [1.29, 1.82) is 0 Å². The molecule has 2 unspecified atom stereocenters. The van der Waals surface area contributed by atoms with Crippen LogP contribution in [0, 0.1) is 11.7 Å². The van der Waals surface area contributed by atoms with Crippen molar-refractivity contribution in [2.75, 3.05) is 0 Å². The topological polar surface area (TPSA) is 32.6 Å². The second kappa shape index (κ2) is 3.40. The third-order valence-electron chi connectivity index (χ3n) is 2.78. The number of halogens is 1. The molecule has 1 aliphatic rings. The van der Waals surface area contributed by atoms with Crippen molar-refractivity contribution >= 4 is 5.71 Å². The van der Waals surface area contributed by atoms with Crippen LogP contribution in [-0.4, -0.2) is 10.9 Å². The smallest absolute Gasteiger partial charge is 0.123 e. The zero-order chi connectivity index (χ0) is 10.1. The molecule has 0 bridgehead atoms. The summed E-state index contributed by atoms with van der Waals surface area (Å²) in [5.74, 6) is 0.537. The fourth-order valence-electron chi connectivity index (χ4n) is 1.81. The van der Waals surface area contributed by atoms with Crippen LogP contribution in [0.1, 0.15) is 24.8 Å². The highest BCUT2D eigenvalue weighted by Crippen LogP contribution is 2.48. The van der Waals surface area contributed by atoms with Crippen LogP contribution in [0.3, 0.4) is 0 Å². The Bertz CT molecular complexity index is 358. The zero-order valence-corrected chi connectivity index (χ0v) is 7.94. The third-order valence-corrected chi connectivity index (χ3v) is 2.78. The number of nitrogens with zero attached hydrogens (tertiary/aromatic N) is 1. The zero-order valence-electron chi connectivity index (χ0n) is 7.94. The van der Waals surface area contributed by atoms with Crippen molar-refractivity contribution in [3.05, 3.63) is 35.6 Å². The number of benzene rings is 1. The van der Waals surface area contributed by atoms with Crippen LogP contribution in [0.15, 0.2) is 29.4 Å². The summed E-state index contributed by atoms with van der Waals surface area (Å²) in [6, 6.07) is 6.53. The lowest BCUT2D eigenvalue weighted by atomic mass is 10.1. The SMILES string of the molecule is C/C(=N\O)C1CC1c1ccc(F)cc1. The molecule has 1 aromatic carbocycles. The van der Waals surface area contributed by atoms with Gasteiger partial charge in [0.25, 0.3) is 0 Å². The second-order valence-corrected chi connectivity index (χ2v) is 3.74. The van der Waals surface area contributed by atoms with E-state index in [-0.39, 0.29) is 5.82 Å². The van der Waals surface area contributed by atoms with Gasteiger partial charge in [0.15, 0.2) is 0 Å². The van der Waals surface area contributed by atoms with Gasteiger partial charge in [-0.2, -0.15) is 0 Å². The molecule has 3 heteroatoms. The minimum Gasteiger partial charge on any atom is -0.411 e. The first-order valence-electron chi connectivity index (χ1n) is 4.66. The Balaban J connectivity index is 2.10. The maximum absolute atomic E-state index is 12.6. The van der Waals surface area contributed by atoms with Gasteiger partial charge in [0.1, 0.15) is 5.82 Å². The van der Waals surface area contributed by atoms with Crippen molar-refractivity contribution in [2.24, 2.45) is 11.1 Å². The van der Waals surface area contributed by atoms with Crippen LogP contribution in [0.4, 0.5) is 4.39 Å². The Morgan fingerprint density at radius 1 is 1.43 bits per heavy atom. The molecule has 0 aliphatic heterocycles. The fraction of sp³-hybridized carbons (Fsp3) is 0.364. The van der Waals surface area contributed by atoms with Gasteiger partial charge in [-0.15, -0.1) is 0 Å². The van der Waals surface area contributed by atoms with Crippen LogP contribution >= 0.6 is 0 Å². The molecule has 2 rings (SSSR count). The van der Waals surface area contributed by atoms with E-state index < -0.39 is 0 Å². The molecular weight excluding hydrogens is 181 g/mol. The number of hydrogen-bond acceptors (Lipinski definition) is 2. The van der Waals surface area contributed by atoms with E-state index in [1.807, 2.05) is 6.92 Å². The van der Waals surface area contributed by atoms with E-state index in [0.29, 0.717) is 11.8 Å². The first kappa shape index (κ1) is 9.19. The maximum Gasteiger partial charge on any atom is 0.123 e. The standard InChI is InChI=1S/C11H12FNO/c1-7(13-14)10-6-11(10)8-2-4-9(12)5-3-8/h2-5,10-11,14H,6H2,1H3/b13-7+. The Morgan fingerprint density at radius 2 is 2.07 bits per heavy atom. The molecule has 74 valence electrons. The summed E-state index contributed by atoms with van der Waals surface area (Å²) < 4.78 is 12.6. The van der Waals surface area contributed by atoms with Crippen LogP contribution in [0.25, 0.3) is 0 Å². The van der Waals surface area contributed by atoms with E-state index in [0.717, 1.165) is 17.7 Å². The molecule has 0 radical (unpaired) electrons. The van der Waals surface area contributed by atoms with Gasteiger partial charge in [-0.05, 0) is 37.0 Å². The molecule has 1 fully saturated rings. The lowest BCUT2D eigenvalue weighted by Gasteiger charge is -1.98. The van der Waals surface area contributed by atoms with Crippen LogP contribution in [-0.2, 0) is 0 Å². The molecule has 1 N–H and O–H groups in total. The average molecular weight is 193 g/mol. The molecule has 0 spiro atoms. The van der Waals surface area contributed by atoms with E-state index >= 15 is 0 Å². The Labute approximate surface area is 82.1 Å². The lowest BCUT2D eigenvalue weighted by molar-refractivity contribution is 0.316. The quantitative estimate of drug-likeness (QED) is 0.437. The van der Waals surface area contributed by atoms with Gasteiger partial charge in [0.2, 0.25) is 0 Å². The summed E-state index contributed by atoms with van der Waals surface area (Å²) in [6.07, 6.45) is 1.00.